The molecule has 1 aliphatic heterocycles. The van der Waals surface area contributed by atoms with Crippen LogP contribution in [-0.2, 0) is 7.05 Å². The Morgan fingerprint density at radius 2 is 1.89 bits per heavy atom. The van der Waals surface area contributed by atoms with Crippen molar-refractivity contribution in [1.29, 1.82) is 0 Å². The predicted octanol–water partition coefficient (Wildman–Crippen LogP) is 1.42. The lowest BCUT2D eigenvalue weighted by Crippen LogP contribution is -2.09. The molecule has 1 aromatic heterocycles. The number of imidazole rings is 2. The molecule has 98 valence electrons. The quantitative estimate of drug-likeness (QED) is 0.713. The fourth-order valence-corrected chi connectivity index (χ4v) is 2.30. The predicted molar refractivity (Wildman–Crippen MR) is 76.4 cm³/mol. The molecule has 0 radical (unpaired) electrons. The van der Waals surface area contributed by atoms with Gasteiger partial charge in [-0.15, -0.1) is 0 Å². The minimum Gasteiger partial charge on any atom is -0.369 e. The Hall–Kier alpha value is -2.37. The maximum atomic E-state index is 5.87. The van der Waals surface area contributed by atoms with Crippen LogP contribution in [0, 0.1) is 6.92 Å². The Morgan fingerprint density at radius 3 is 2.58 bits per heavy atom. The zero-order valence-corrected chi connectivity index (χ0v) is 11.5. The van der Waals surface area contributed by atoms with E-state index in [1.54, 1.807) is 0 Å². The lowest BCUT2D eigenvalue weighted by Gasteiger charge is -2.04. The van der Waals surface area contributed by atoms with Gasteiger partial charge in [-0.25, -0.2) is 15.0 Å². The third kappa shape index (κ3) is 1.60. The monoisotopic (exact) mass is 256 g/mol. The SMILES string of the molecule is Cc1c2nc(N(C)C)nc-2ccc2nc(N)n(C)c12. The van der Waals surface area contributed by atoms with Gasteiger partial charge in [0.1, 0.15) is 0 Å². The summed E-state index contributed by atoms with van der Waals surface area (Å²) in [7, 11) is 5.77. The molecule has 6 nitrogen and oxygen atoms in total. The Kier molecular flexibility index (Phi) is 2.35. The molecule has 0 atom stereocenters. The lowest BCUT2D eigenvalue weighted by atomic mass is 10.2. The molecular formula is C13H16N6. The van der Waals surface area contributed by atoms with E-state index in [-0.39, 0.29) is 0 Å². The summed E-state index contributed by atoms with van der Waals surface area (Å²) in [5.41, 5.74) is 10.5. The van der Waals surface area contributed by atoms with Gasteiger partial charge < -0.3 is 15.2 Å². The molecule has 3 rings (SSSR count). The van der Waals surface area contributed by atoms with Gasteiger partial charge in [-0.05, 0) is 19.1 Å². The second kappa shape index (κ2) is 3.81. The number of aromatic nitrogens is 4. The summed E-state index contributed by atoms with van der Waals surface area (Å²) in [6.07, 6.45) is 0. The smallest absolute Gasteiger partial charge is 0.226 e. The van der Waals surface area contributed by atoms with Crippen molar-refractivity contribution >= 4 is 22.9 Å². The van der Waals surface area contributed by atoms with Crippen molar-refractivity contribution in [2.75, 3.05) is 24.7 Å². The summed E-state index contributed by atoms with van der Waals surface area (Å²) >= 11 is 0. The number of aryl methyl sites for hydroxylation is 2. The fraction of sp³-hybridized carbons (Fsp3) is 0.308. The molecule has 0 spiro atoms. The van der Waals surface area contributed by atoms with Gasteiger partial charge in [0, 0.05) is 26.7 Å². The van der Waals surface area contributed by atoms with Crippen LogP contribution in [0.25, 0.3) is 22.4 Å². The molecule has 2 aliphatic rings. The lowest BCUT2D eigenvalue weighted by molar-refractivity contribution is 0.960. The van der Waals surface area contributed by atoms with Gasteiger partial charge in [-0.3, -0.25) is 0 Å². The van der Waals surface area contributed by atoms with Crippen molar-refractivity contribution in [3.8, 4) is 11.4 Å². The third-order valence-electron chi connectivity index (χ3n) is 3.34. The fourth-order valence-electron chi connectivity index (χ4n) is 2.30. The Morgan fingerprint density at radius 1 is 1.16 bits per heavy atom. The van der Waals surface area contributed by atoms with Crippen molar-refractivity contribution in [1.82, 2.24) is 19.5 Å². The highest BCUT2D eigenvalue weighted by Crippen LogP contribution is 2.30. The molecule has 1 aromatic rings. The van der Waals surface area contributed by atoms with Crippen LogP contribution in [0.15, 0.2) is 12.1 Å². The van der Waals surface area contributed by atoms with E-state index in [1.807, 2.05) is 49.7 Å². The van der Waals surface area contributed by atoms with E-state index in [0.29, 0.717) is 11.9 Å². The summed E-state index contributed by atoms with van der Waals surface area (Å²) < 4.78 is 1.88. The number of rotatable bonds is 1. The molecule has 1 aliphatic carbocycles. The summed E-state index contributed by atoms with van der Waals surface area (Å²) in [4.78, 5) is 15.3. The number of nitrogens with zero attached hydrogens (tertiary/aromatic N) is 5. The standard InChI is InChI=1S/C13H16N6/c1-7-10-8(16-13(17-10)18(2)3)5-6-9-11(7)19(4)12(14)15-9/h5-6H,1-4H3,(H2,14,15). The van der Waals surface area contributed by atoms with Gasteiger partial charge in [-0.1, -0.05) is 0 Å². The number of hydrogen-bond donors (Lipinski definition) is 1. The average molecular weight is 256 g/mol. The summed E-state index contributed by atoms with van der Waals surface area (Å²) in [5, 5.41) is 0. The molecule has 0 aromatic carbocycles. The average Bonchev–Trinajstić information content (AvgIpc) is 2.86. The number of hydrogen-bond acceptors (Lipinski definition) is 5. The number of fused-ring (bicyclic) bond motifs is 2. The van der Waals surface area contributed by atoms with Crippen LogP contribution in [0.3, 0.4) is 0 Å². The van der Waals surface area contributed by atoms with Crippen molar-refractivity contribution in [2.24, 2.45) is 7.05 Å². The van der Waals surface area contributed by atoms with E-state index in [0.717, 1.165) is 28.0 Å². The molecule has 0 saturated carbocycles. The first kappa shape index (κ1) is 11.7. The Labute approximate surface area is 111 Å². The number of anilines is 2. The molecule has 0 fully saturated rings. The molecule has 2 N–H and O–H groups in total. The molecule has 0 saturated heterocycles. The van der Waals surface area contributed by atoms with Crippen molar-refractivity contribution in [3.63, 3.8) is 0 Å². The van der Waals surface area contributed by atoms with Crippen molar-refractivity contribution in [3.05, 3.63) is 17.7 Å². The highest BCUT2D eigenvalue weighted by atomic mass is 15.2. The van der Waals surface area contributed by atoms with Gasteiger partial charge in [0.05, 0.1) is 22.4 Å². The van der Waals surface area contributed by atoms with Crippen LogP contribution in [0.2, 0.25) is 0 Å². The Balaban J connectivity index is 2.42. The van der Waals surface area contributed by atoms with Crippen molar-refractivity contribution in [2.45, 2.75) is 6.92 Å². The van der Waals surface area contributed by atoms with E-state index < -0.39 is 0 Å². The van der Waals surface area contributed by atoms with Gasteiger partial charge in [0.15, 0.2) is 0 Å². The van der Waals surface area contributed by atoms with Crippen LogP contribution >= 0.6 is 0 Å². The zero-order valence-electron chi connectivity index (χ0n) is 11.5. The third-order valence-corrected chi connectivity index (χ3v) is 3.34. The first-order valence-corrected chi connectivity index (χ1v) is 6.05. The minimum absolute atomic E-state index is 0.504. The van der Waals surface area contributed by atoms with Crippen LogP contribution in [0.5, 0.6) is 0 Å². The van der Waals surface area contributed by atoms with E-state index in [9.17, 15) is 0 Å². The Bertz CT molecular complexity index is 743. The van der Waals surface area contributed by atoms with E-state index in [1.165, 1.54) is 0 Å². The summed E-state index contributed by atoms with van der Waals surface area (Å²) in [6, 6.07) is 3.88. The molecule has 0 amide bonds. The summed E-state index contributed by atoms with van der Waals surface area (Å²) in [5.74, 6) is 1.22. The second-order valence-corrected chi connectivity index (χ2v) is 4.87. The molecule has 6 heteroatoms. The normalized spacial score (nSPS) is 11.4. The number of nitrogen functional groups attached to an aromatic ring is 1. The van der Waals surface area contributed by atoms with Crippen LogP contribution in [0.1, 0.15) is 5.56 Å². The van der Waals surface area contributed by atoms with E-state index in [4.69, 9.17) is 5.73 Å². The second-order valence-electron chi connectivity index (χ2n) is 4.87. The highest BCUT2D eigenvalue weighted by molar-refractivity contribution is 5.86. The van der Waals surface area contributed by atoms with E-state index in [2.05, 4.69) is 15.0 Å². The van der Waals surface area contributed by atoms with Crippen LogP contribution < -0.4 is 10.6 Å². The van der Waals surface area contributed by atoms with E-state index >= 15 is 0 Å². The van der Waals surface area contributed by atoms with Crippen molar-refractivity contribution < 1.29 is 0 Å². The van der Waals surface area contributed by atoms with Crippen LogP contribution in [0.4, 0.5) is 11.9 Å². The molecular weight excluding hydrogens is 240 g/mol. The molecule has 0 unspecified atom stereocenters. The van der Waals surface area contributed by atoms with Gasteiger partial charge in [0.25, 0.3) is 0 Å². The van der Waals surface area contributed by atoms with Gasteiger partial charge >= 0.3 is 0 Å². The first-order chi connectivity index (χ1) is 8.99. The van der Waals surface area contributed by atoms with Gasteiger partial charge in [-0.2, -0.15) is 0 Å². The largest absolute Gasteiger partial charge is 0.369 e. The van der Waals surface area contributed by atoms with Crippen LogP contribution in [-0.4, -0.2) is 33.6 Å². The first-order valence-electron chi connectivity index (χ1n) is 6.05. The highest BCUT2D eigenvalue weighted by Gasteiger charge is 2.17. The molecule has 2 heterocycles. The molecule has 0 bridgehead atoms. The maximum absolute atomic E-state index is 5.87. The summed E-state index contributed by atoms with van der Waals surface area (Å²) in [6.45, 7) is 2.03. The molecule has 19 heavy (non-hydrogen) atoms. The number of nitrogens with two attached hydrogens (primary N) is 1. The minimum atomic E-state index is 0.504. The maximum Gasteiger partial charge on any atom is 0.226 e. The van der Waals surface area contributed by atoms with Gasteiger partial charge in [0.2, 0.25) is 11.9 Å². The zero-order chi connectivity index (χ0) is 13.7. The topological polar surface area (TPSA) is 72.9 Å².